The highest BCUT2D eigenvalue weighted by atomic mass is 32.2. The highest BCUT2D eigenvalue weighted by Crippen LogP contribution is 2.16. The van der Waals surface area contributed by atoms with E-state index in [1.807, 2.05) is 6.92 Å². The molecule has 0 saturated heterocycles. The Labute approximate surface area is 107 Å². The number of benzene rings is 1. The largest absolute Gasteiger partial charge is 0.228 e. The summed E-state index contributed by atoms with van der Waals surface area (Å²) in [6.45, 7) is 1.99. The molecule has 18 heavy (non-hydrogen) atoms. The monoisotopic (exact) mass is 269 g/mol. The van der Waals surface area contributed by atoms with Gasteiger partial charge in [0.1, 0.15) is 11.9 Å². The van der Waals surface area contributed by atoms with E-state index in [2.05, 4.69) is 0 Å². The molecular formula is C13H16FNO2S. The number of unbranched alkanes of at least 4 members (excludes halogenated alkanes) is 2. The van der Waals surface area contributed by atoms with Crippen LogP contribution in [0.25, 0.3) is 0 Å². The lowest BCUT2D eigenvalue weighted by Crippen LogP contribution is -2.11. The first-order valence-corrected chi connectivity index (χ1v) is 7.70. The van der Waals surface area contributed by atoms with E-state index in [0.717, 1.165) is 12.8 Å². The summed E-state index contributed by atoms with van der Waals surface area (Å²) < 4.78 is 37.3. The van der Waals surface area contributed by atoms with Crippen molar-refractivity contribution in [3.05, 3.63) is 35.1 Å². The highest BCUT2D eigenvalue weighted by molar-refractivity contribution is 7.90. The van der Waals surface area contributed by atoms with Crippen molar-refractivity contribution in [3.63, 3.8) is 0 Å². The van der Waals surface area contributed by atoms with Gasteiger partial charge >= 0.3 is 0 Å². The lowest BCUT2D eigenvalue weighted by Gasteiger charge is -2.06. The van der Waals surface area contributed by atoms with Gasteiger partial charge in [0.25, 0.3) is 0 Å². The molecule has 3 nitrogen and oxygen atoms in total. The maximum absolute atomic E-state index is 13.7. The third-order valence-electron chi connectivity index (χ3n) is 2.63. The molecule has 98 valence electrons. The van der Waals surface area contributed by atoms with Gasteiger partial charge in [0.15, 0.2) is 9.84 Å². The van der Waals surface area contributed by atoms with Gasteiger partial charge < -0.3 is 0 Å². The van der Waals surface area contributed by atoms with Crippen molar-refractivity contribution < 1.29 is 12.8 Å². The van der Waals surface area contributed by atoms with Crippen LogP contribution in [0.1, 0.15) is 37.3 Å². The van der Waals surface area contributed by atoms with Gasteiger partial charge in [-0.15, -0.1) is 0 Å². The summed E-state index contributed by atoms with van der Waals surface area (Å²) in [4.78, 5) is 0. The molecule has 1 aromatic rings. The number of sulfone groups is 1. The Hall–Kier alpha value is -1.41. The van der Waals surface area contributed by atoms with E-state index in [-0.39, 0.29) is 22.6 Å². The molecule has 0 aliphatic carbocycles. The van der Waals surface area contributed by atoms with Crippen LogP contribution >= 0.6 is 0 Å². The Balaban J connectivity index is 2.82. The molecule has 0 aliphatic heterocycles. The molecule has 0 saturated carbocycles. The van der Waals surface area contributed by atoms with Crippen LogP contribution in [0, 0.1) is 17.1 Å². The van der Waals surface area contributed by atoms with E-state index in [1.165, 1.54) is 18.2 Å². The fourth-order valence-electron chi connectivity index (χ4n) is 1.66. The second-order valence-corrected chi connectivity index (χ2v) is 6.37. The molecule has 0 aliphatic rings. The highest BCUT2D eigenvalue weighted by Gasteiger charge is 2.16. The summed E-state index contributed by atoms with van der Waals surface area (Å²) in [6.07, 6.45) is 2.38. The molecule has 1 aromatic carbocycles. The Morgan fingerprint density at radius 2 is 2.06 bits per heavy atom. The molecule has 0 spiro atoms. The van der Waals surface area contributed by atoms with Crippen LogP contribution in [-0.4, -0.2) is 14.2 Å². The Morgan fingerprint density at radius 3 is 2.67 bits per heavy atom. The fraction of sp³-hybridized carbons (Fsp3) is 0.462. The molecular weight excluding hydrogens is 253 g/mol. The van der Waals surface area contributed by atoms with Crippen LogP contribution in [0.15, 0.2) is 18.2 Å². The van der Waals surface area contributed by atoms with Gasteiger partial charge in [-0.2, -0.15) is 5.26 Å². The van der Waals surface area contributed by atoms with Crippen molar-refractivity contribution in [2.75, 3.05) is 5.75 Å². The van der Waals surface area contributed by atoms with Crippen molar-refractivity contribution in [2.24, 2.45) is 0 Å². The summed E-state index contributed by atoms with van der Waals surface area (Å²) in [7, 11) is -3.30. The number of hydrogen-bond acceptors (Lipinski definition) is 3. The molecule has 0 bridgehead atoms. The number of nitrogens with zero attached hydrogens (tertiary/aromatic N) is 1. The predicted molar refractivity (Wildman–Crippen MR) is 68.1 cm³/mol. The number of rotatable bonds is 6. The molecule has 0 aromatic heterocycles. The fourth-order valence-corrected chi connectivity index (χ4v) is 3.14. The molecule has 0 atom stereocenters. The van der Waals surface area contributed by atoms with Crippen LogP contribution in [0.2, 0.25) is 0 Å². The lowest BCUT2D eigenvalue weighted by molar-refractivity contribution is 0.582. The van der Waals surface area contributed by atoms with E-state index >= 15 is 0 Å². The maximum Gasteiger partial charge on any atom is 0.154 e. The Bertz CT molecular complexity index is 547. The Kier molecular flexibility index (Phi) is 5.29. The van der Waals surface area contributed by atoms with Crippen molar-refractivity contribution in [3.8, 4) is 6.07 Å². The average molecular weight is 269 g/mol. The number of nitriles is 1. The minimum atomic E-state index is -3.30. The van der Waals surface area contributed by atoms with E-state index in [1.54, 1.807) is 6.07 Å². The second kappa shape index (κ2) is 6.50. The molecule has 1 rings (SSSR count). The van der Waals surface area contributed by atoms with E-state index < -0.39 is 15.7 Å². The van der Waals surface area contributed by atoms with Gasteiger partial charge in [0, 0.05) is 5.56 Å². The first-order valence-electron chi connectivity index (χ1n) is 5.88. The third kappa shape index (κ3) is 4.11. The van der Waals surface area contributed by atoms with Crippen LogP contribution in [0.4, 0.5) is 4.39 Å². The Morgan fingerprint density at radius 1 is 1.33 bits per heavy atom. The molecule has 0 amide bonds. The summed E-state index contributed by atoms with van der Waals surface area (Å²) in [5.74, 6) is -0.992. The molecule has 0 unspecified atom stereocenters. The topological polar surface area (TPSA) is 57.9 Å². The summed E-state index contributed by atoms with van der Waals surface area (Å²) in [5.41, 5.74) is -0.0400. The number of hydrogen-bond donors (Lipinski definition) is 0. The normalized spacial score (nSPS) is 11.2. The van der Waals surface area contributed by atoms with E-state index in [4.69, 9.17) is 5.26 Å². The standard InChI is InChI=1S/C13H16FNO2S/c1-2-3-4-8-18(16,17)10-12-7-5-6-11(9-15)13(12)14/h5-7H,2-4,8,10H2,1H3. The van der Waals surface area contributed by atoms with Crippen LogP contribution in [-0.2, 0) is 15.6 Å². The van der Waals surface area contributed by atoms with E-state index in [9.17, 15) is 12.8 Å². The summed E-state index contributed by atoms with van der Waals surface area (Å²) in [5, 5.41) is 8.68. The van der Waals surface area contributed by atoms with Crippen LogP contribution in [0.3, 0.4) is 0 Å². The summed E-state index contributed by atoms with van der Waals surface area (Å²) >= 11 is 0. The quantitative estimate of drug-likeness (QED) is 0.746. The zero-order valence-electron chi connectivity index (χ0n) is 10.3. The number of halogens is 1. The van der Waals surface area contributed by atoms with Gasteiger partial charge in [0.05, 0.1) is 17.1 Å². The van der Waals surface area contributed by atoms with Crippen molar-refractivity contribution >= 4 is 9.84 Å². The molecule has 0 radical (unpaired) electrons. The third-order valence-corrected chi connectivity index (χ3v) is 4.29. The molecule has 0 fully saturated rings. The summed E-state index contributed by atoms with van der Waals surface area (Å²) in [6, 6.07) is 5.95. The van der Waals surface area contributed by atoms with Gasteiger partial charge in [-0.25, -0.2) is 12.8 Å². The SMILES string of the molecule is CCCCCS(=O)(=O)Cc1cccc(C#N)c1F. The molecule has 0 N–H and O–H groups in total. The van der Waals surface area contributed by atoms with Crippen molar-refractivity contribution in [1.82, 2.24) is 0 Å². The predicted octanol–water partition coefficient (Wildman–Crippen LogP) is 2.80. The maximum atomic E-state index is 13.7. The van der Waals surface area contributed by atoms with Crippen molar-refractivity contribution in [2.45, 2.75) is 31.9 Å². The zero-order chi connectivity index (χ0) is 13.6. The average Bonchev–Trinajstić information content (AvgIpc) is 2.32. The van der Waals surface area contributed by atoms with Crippen LogP contribution < -0.4 is 0 Å². The smallest absolute Gasteiger partial charge is 0.154 e. The molecule has 0 heterocycles. The first kappa shape index (κ1) is 14.7. The van der Waals surface area contributed by atoms with Crippen molar-refractivity contribution in [1.29, 1.82) is 5.26 Å². The van der Waals surface area contributed by atoms with Gasteiger partial charge in [0.2, 0.25) is 0 Å². The van der Waals surface area contributed by atoms with Gasteiger partial charge in [-0.05, 0) is 12.5 Å². The first-order chi connectivity index (χ1) is 8.50. The van der Waals surface area contributed by atoms with Gasteiger partial charge in [-0.1, -0.05) is 31.9 Å². The van der Waals surface area contributed by atoms with Crippen LogP contribution in [0.5, 0.6) is 0 Å². The minimum Gasteiger partial charge on any atom is -0.228 e. The zero-order valence-corrected chi connectivity index (χ0v) is 11.1. The van der Waals surface area contributed by atoms with E-state index in [0.29, 0.717) is 6.42 Å². The minimum absolute atomic E-state index is 0.0665. The lowest BCUT2D eigenvalue weighted by atomic mass is 10.1. The second-order valence-electron chi connectivity index (χ2n) is 4.19. The molecule has 5 heteroatoms. The van der Waals surface area contributed by atoms with Gasteiger partial charge in [-0.3, -0.25) is 0 Å².